The number of carbonyl (C=O) groups excluding carboxylic acids is 1. The number of fused-ring (bicyclic) bond motifs is 1. The van der Waals surface area contributed by atoms with Crippen LogP contribution in [0.2, 0.25) is 0 Å². The highest BCUT2D eigenvalue weighted by Gasteiger charge is 2.21. The summed E-state index contributed by atoms with van der Waals surface area (Å²) in [5.41, 5.74) is 2.02. The predicted octanol–water partition coefficient (Wildman–Crippen LogP) is 2.52. The smallest absolute Gasteiger partial charge is 0.254 e. The number of rotatable bonds is 4. The Morgan fingerprint density at radius 1 is 1.55 bits per heavy atom. The zero-order valence-corrected chi connectivity index (χ0v) is 12.3. The number of carbonyl (C=O) groups is 1. The normalized spacial score (nSPS) is 16.6. The Bertz CT molecular complexity index is 576. The number of hydrogen-bond donors (Lipinski definition) is 1. The minimum Gasteiger partial charge on any atom is -0.472 e. The van der Waals surface area contributed by atoms with E-state index in [9.17, 15) is 4.79 Å². The Kier molecular flexibility index (Phi) is 3.89. The van der Waals surface area contributed by atoms with Crippen molar-refractivity contribution in [3.8, 4) is 0 Å². The highest BCUT2D eigenvalue weighted by molar-refractivity contribution is 7.10. The van der Waals surface area contributed by atoms with E-state index in [-0.39, 0.29) is 5.91 Å². The Labute approximate surface area is 122 Å². The van der Waals surface area contributed by atoms with Gasteiger partial charge >= 0.3 is 0 Å². The highest BCUT2D eigenvalue weighted by Crippen LogP contribution is 2.24. The molecule has 4 nitrogen and oxygen atoms in total. The Balaban J connectivity index is 1.53. The summed E-state index contributed by atoms with van der Waals surface area (Å²) in [5.74, 6) is -0.0705. The molecule has 5 heteroatoms. The molecule has 3 rings (SSSR count). The molecule has 0 aromatic carbocycles. The molecule has 1 amide bonds. The van der Waals surface area contributed by atoms with E-state index in [4.69, 9.17) is 4.42 Å². The summed E-state index contributed by atoms with van der Waals surface area (Å²) in [6.45, 7) is 4.87. The van der Waals surface area contributed by atoms with Crippen molar-refractivity contribution in [2.24, 2.45) is 0 Å². The van der Waals surface area contributed by atoms with E-state index in [2.05, 4.69) is 28.6 Å². The molecular formula is C15H18N2O2S. The van der Waals surface area contributed by atoms with E-state index in [1.54, 1.807) is 6.07 Å². The van der Waals surface area contributed by atoms with Gasteiger partial charge in [-0.15, -0.1) is 11.3 Å². The van der Waals surface area contributed by atoms with Crippen LogP contribution in [-0.4, -0.2) is 29.9 Å². The quantitative estimate of drug-likeness (QED) is 0.941. The van der Waals surface area contributed by atoms with Crippen molar-refractivity contribution >= 4 is 17.2 Å². The van der Waals surface area contributed by atoms with E-state index in [1.165, 1.54) is 23.0 Å². The van der Waals surface area contributed by atoms with Gasteiger partial charge in [-0.05, 0) is 36.4 Å². The molecule has 20 heavy (non-hydrogen) atoms. The van der Waals surface area contributed by atoms with Gasteiger partial charge in [-0.25, -0.2) is 0 Å². The summed E-state index contributed by atoms with van der Waals surface area (Å²) in [4.78, 5) is 15.8. The highest BCUT2D eigenvalue weighted by atomic mass is 32.1. The van der Waals surface area contributed by atoms with Gasteiger partial charge in [0, 0.05) is 30.6 Å². The van der Waals surface area contributed by atoms with Crippen molar-refractivity contribution in [3.05, 3.63) is 46.0 Å². The summed E-state index contributed by atoms with van der Waals surface area (Å²) in [7, 11) is 0. The zero-order chi connectivity index (χ0) is 13.9. The Hall–Kier alpha value is -1.59. The second-order valence-electron chi connectivity index (χ2n) is 5.16. The number of nitrogens with zero attached hydrogens (tertiary/aromatic N) is 1. The number of thiophene rings is 1. The van der Waals surface area contributed by atoms with Crippen molar-refractivity contribution in [2.45, 2.75) is 25.9 Å². The molecule has 0 spiro atoms. The van der Waals surface area contributed by atoms with Crippen molar-refractivity contribution in [1.29, 1.82) is 0 Å². The van der Waals surface area contributed by atoms with Crippen LogP contribution in [0.1, 0.15) is 27.7 Å². The lowest BCUT2D eigenvalue weighted by atomic mass is 10.1. The minimum atomic E-state index is -0.0705. The minimum absolute atomic E-state index is 0.0705. The molecule has 106 valence electrons. The third kappa shape index (κ3) is 2.78. The lowest BCUT2D eigenvalue weighted by Gasteiger charge is -2.32. The molecule has 1 aliphatic heterocycles. The second kappa shape index (κ2) is 5.81. The molecule has 0 saturated carbocycles. The van der Waals surface area contributed by atoms with Crippen molar-refractivity contribution in [1.82, 2.24) is 10.2 Å². The molecule has 0 aliphatic carbocycles. The maximum Gasteiger partial charge on any atom is 0.254 e. The van der Waals surface area contributed by atoms with E-state index in [0.29, 0.717) is 18.2 Å². The zero-order valence-electron chi connectivity index (χ0n) is 11.5. The first kappa shape index (κ1) is 13.4. The lowest BCUT2D eigenvalue weighted by molar-refractivity contribution is 0.0932. The summed E-state index contributed by atoms with van der Waals surface area (Å²) >= 11 is 1.85. The maximum atomic E-state index is 11.9. The monoisotopic (exact) mass is 290 g/mol. The SMILES string of the molecule is CC(CNC(=O)c1ccoc1)N1CCc2sccc2C1. The number of hydrogen-bond acceptors (Lipinski definition) is 4. The molecule has 3 heterocycles. The fraction of sp³-hybridized carbons (Fsp3) is 0.400. The molecule has 0 fully saturated rings. The molecule has 0 saturated heterocycles. The summed E-state index contributed by atoms with van der Waals surface area (Å²) < 4.78 is 4.92. The third-order valence-electron chi connectivity index (χ3n) is 3.80. The molecule has 2 aromatic rings. The first-order valence-corrected chi connectivity index (χ1v) is 7.71. The van der Waals surface area contributed by atoms with Gasteiger partial charge in [-0.2, -0.15) is 0 Å². The van der Waals surface area contributed by atoms with Crippen molar-refractivity contribution in [2.75, 3.05) is 13.1 Å². The van der Waals surface area contributed by atoms with Crippen LogP contribution in [0.5, 0.6) is 0 Å². The topological polar surface area (TPSA) is 45.5 Å². The number of furan rings is 1. The fourth-order valence-electron chi connectivity index (χ4n) is 2.51. The maximum absolute atomic E-state index is 11.9. The van der Waals surface area contributed by atoms with Gasteiger partial charge in [0.25, 0.3) is 5.91 Å². The summed E-state index contributed by atoms with van der Waals surface area (Å²) in [6.07, 6.45) is 4.10. The molecule has 0 radical (unpaired) electrons. The van der Waals surface area contributed by atoms with Crippen molar-refractivity contribution < 1.29 is 9.21 Å². The van der Waals surface area contributed by atoms with Crippen LogP contribution in [0, 0.1) is 0 Å². The molecule has 0 bridgehead atoms. The molecule has 1 N–H and O–H groups in total. The predicted molar refractivity (Wildman–Crippen MR) is 78.9 cm³/mol. The first-order chi connectivity index (χ1) is 9.74. The number of nitrogens with one attached hydrogen (secondary N) is 1. The van der Waals surface area contributed by atoms with Crippen LogP contribution in [0.3, 0.4) is 0 Å². The van der Waals surface area contributed by atoms with Crippen LogP contribution >= 0.6 is 11.3 Å². The summed E-state index contributed by atoms with van der Waals surface area (Å²) in [5, 5.41) is 5.13. The standard InChI is InChI=1S/C15H18N2O2S/c1-11(8-16-15(18)13-3-6-19-10-13)17-5-2-14-12(9-17)4-7-20-14/h3-4,6-7,10-11H,2,5,8-9H2,1H3,(H,16,18). The van der Waals surface area contributed by atoms with Gasteiger partial charge in [-0.3, -0.25) is 9.69 Å². The first-order valence-electron chi connectivity index (χ1n) is 6.83. The average Bonchev–Trinajstić information content (AvgIpc) is 3.13. The third-order valence-corrected chi connectivity index (χ3v) is 4.82. The molecule has 1 unspecified atom stereocenters. The van der Waals surface area contributed by atoms with E-state index < -0.39 is 0 Å². The van der Waals surface area contributed by atoms with Crippen LogP contribution in [0.4, 0.5) is 0 Å². The average molecular weight is 290 g/mol. The molecular weight excluding hydrogens is 272 g/mol. The van der Waals surface area contributed by atoms with E-state index in [0.717, 1.165) is 19.5 Å². The van der Waals surface area contributed by atoms with Crippen LogP contribution in [-0.2, 0) is 13.0 Å². The van der Waals surface area contributed by atoms with Gasteiger partial charge in [0.1, 0.15) is 6.26 Å². The van der Waals surface area contributed by atoms with Gasteiger partial charge in [0.05, 0.1) is 11.8 Å². The van der Waals surface area contributed by atoms with E-state index in [1.807, 2.05) is 11.3 Å². The number of amides is 1. The van der Waals surface area contributed by atoms with E-state index >= 15 is 0 Å². The fourth-order valence-corrected chi connectivity index (χ4v) is 3.40. The van der Waals surface area contributed by atoms with Crippen molar-refractivity contribution in [3.63, 3.8) is 0 Å². The van der Waals surface area contributed by atoms with Crippen LogP contribution in [0.15, 0.2) is 34.5 Å². The van der Waals surface area contributed by atoms with Gasteiger partial charge in [-0.1, -0.05) is 0 Å². The van der Waals surface area contributed by atoms with Crippen LogP contribution < -0.4 is 5.32 Å². The Morgan fingerprint density at radius 2 is 2.45 bits per heavy atom. The summed E-state index contributed by atoms with van der Waals surface area (Å²) in [6, 6.07) is 4.22. The van der Waals surface area contributed by atoms with Gasteiger partial charge < -0.3 is 9.73 Å². The molecule has 1 aliphatic rings. The lowest BCUT2D eigenvalue weighted by Crippen LogP contribution is -2.44. The molecule has 1 atom stereocenters. The van der Waals surface area contributed by atoms with Crippen LogP contribution in [0.25, 0.3) is 0 Å². The largest absolute Gasteiger partial charge is 0.472 e. The van der Waals surface area contributed by atoms with Gasteiger partial charge in [0.15, 0.2) is 0 Å². The Morgan fingerprint density at radius 3 is 3.25 bits per heavy atom. The van der Waals surface area contributed by atoms with Gasteiger partial charge in [0.2, 0.25) is 0 Å². The molecule has 2 aromatic heterocycles. The second-order valence-corrected chi connectivity index (χ2v) is 6.16.